The number of rotatable bonds is 5. The van der Waals surface area contributed by atoms with Gasteiger partial charge in [-0.1, -0.05) is 0 Å². The number of nitrogens with two attached hydrogens (primary N) is 1. The predicted molar refractivity (Wildman–Crippen MR) is 69.5 cm³/mol. The topological polar surface area (TPSA) is 101 Å². The van der Waals surface area contributed by atoms with Crippen molar-refractivity contribution in [1.29, 1.82) is 0 Å². The van der Waals surface area contributed by atoms with Crippen LogP contribution in [-0.4, -0.2) is 27.4 Å². The van der Waals surface area contributed by atoms with Crippen molar-refractivity contribution in [2.45, 2.75) is 18.7 Å². The van der Waals surface area contributed by atoms with Crippen molar-refractivity contribution in [2.75, 3.05) is 18.8 Å². The second kappa shape index (κ2) is 5.83. The minimum atomic E-state index is -3.68. The first-order valence-electron chi connectivity index (χ1n) is 5.49. The average molecular weight is 271 g/mol. The highest BCUT2D eigenvalue weighted by atomic mass is 32.2. The Kier molecular flexibility index (Phi) is 4.69. The fraction of sp³-hybridized carbons (Fsp3) is 0.364. The molecule has 0 heterocycles. The van der Waals surface area contributed by atoms with Crippen molar-refractivity contribution in [1.82, 2.24) is 10.0 Å². The van der Waals surface area contributed by atoms with Gasteiger partial charge in [-0.3, -0.25) is 4.79 Å². The average Bonchev–Trinajstić information content (AvgIpc) is 2.30. The van der Waals surface area contributed by atoms with Crippen molar-refractivity contribution in [3.05, 3.63) is 23.8 Å². The summed E-state index contributed by atoms with van der Waals surface area (Å²) >= 11 is 0. The molecule has 0 aliphatic rings. The van der Waals surface area contributed by atoms with Crippen LogP contribution in [0, 0.1) is 6.92 Å². The fourth-order valence-electron chi connectivity index (χ4n) is 1.32. The zero-order valence-electron chi connectivity index (χ0n) is 10.4. The molecule has 1 aromatic rings. The van der Waals surface area contributed by atoms with E-state index in [2.05, 4.69) is 10.0 Å². The predicted octanol–water partition coefficient (Wildman–Crippen LogP) is -0.00838. The molecule has 0 bridgehead atoms. The molecule has 0 saturated carbocycles. The van der Waals surface area contributed by atoms with Crippen LogP contribution in [0.3, 0.4) is 0 Å². The number of likely N-dealkylation sites (N-methyl/N-ethyl adjacent to an activating group) is 1. The highest BCUT2D eigenvalue weighted by molar-refractivity contribution is 7.89. The molecule has 0 radical (unpaired) electrons. The number of carbonyl (C=O) groups excluding carboxylic acids is 1. The summed E-state index contributed by atoms with van der Waals surface area (Å²) in [6.07, 6.45) is 0. The lowest BCUT2D eigenvalue weighted by atomic mass is 10.2. The van der Waals surface area contributed by atoms with Gasteiger partial charge in [0.15, 0.2) is 0 Å². The molecule has 4 N–H and O–H groups in total. The quantitative estimate of drug-likeness (QED) is 0.656. The van der Waals surface area contributed by atoms with Crippen molar-refractivity contribution < 1.29 is 13.2 Å². The molecule has 0 aliphatic heterocycles. The van der Waals surface area contributed by atoms with E-state index in [-0.39, 0.29) is 17.3 Å². The number of hydrogen-bond donors (Lipinski definition) is 3. The summed E-state index contributed by atoms with van der Waals surface area (Å²) in [5, 5.41) is 2.50. The molecule has 1 aromatic carbocycles. The molecule has 0 atom stereocenters. The summed E-state index contributed by atoms with van der Waals surface area (Å²) in [4.78, 5) is 11.3. The highest BCUT2D eigenvalue weighted by Crippen LogP contribution is 2.16. The van der Waals surface area contributed by atoms with Crippen molar-refractivity contribution in [2.24, 2.45) is 0 Å². The van der Waals surface area contributed by atoms with Crippen LogP contribution < -0.4 is 15.8 Å². The van der Waals surface area contributed by atoms with Gasteiger partial charge >= 0.3 is 0 Å². The van der Waals surface area contributed by atoms with Crippen molar-refractivity contribution in [3.63, 3.8) is 0 Å². The standard InChI is InChI=1S/C11H17N3O3S/c1-3-13-11(15)7-14-18(16,17)9-4-5-10(12)8(2)6-9/h4-6,14H,3,7,12H2,1-2H3,(H,13,15). The Morgan fingerprint density at radius 2 is 2.06 bits per heavy atom. The van der Waals surface area contributed by atoms with E-state index < -0.39 is 10.0 Å². The third-order valence-electron chi connectivity index (χ3n) is 2.35. The maximum Gasteiger partial charge on any atom is 0.241 e. The van der Waals surface area contributed by atoms with E-state index in [4.69, 9.17) is 5.73 Å². The molecular formula is C11H17N3O3S. The van der Waals surface area contributed by atoms with E-state index in [1.165, 1.54) is 18.2 Å². The van der Waals surface area contributed by atoms with E-state index in [1.54, 1.807) is 13.8 Å². The van der Waals surface area contributed by atoms with Gasteiger partial charge in [-0.05, 0) is 37.6 Å². The van der Waals surface area contributed by atoms with Gasteiger partial charge in [-0.15, -0.1) is 0 Å². The molecule has 1 rings (SSSR count). The molecule has 1 amide bonds. The van der Waals surface area contributed by atoms with E-state index in [1.807, 2.05) is 0 Å². The first-order chi connectivity index (χ1) is 8.36. The minimum Gasteiger partial charge on any atom is -0.399 e. The largest absolute Gasteiger partial charge is 0.399 e. The number of anilines is 1. The Hall–Kier alpha value is -1.60. The number of amides is 1. The Balaban J connectivity index is 2.80. The van der Waals surface area contributed by atoms with E-state index >= 15 is 0 Å². The van der Waals surface area contributed by atoms with Gasteiger partial charge in [0, 0.05) is 12.2 Å². The van der Waals surface area contributed by atoms with Crippen LogP contribution in [0.5, 0.6) is 0 Å². The van der Waals surface area contributed by atoms with Gasteiger partial charge in [0.1, 0.15) is 0 Å². The van der Waals surface area contributed by atoms with E-state index in [0.29, 0.717) is 17.8 Å². The SMILES string of the molecule is CCNC(=O)CNS(=O)(=O)c1ccc(N)c(C)c1. The molecule has 0 spiro atoms. The molecule has 7 heteroatoms. The summed E-state index contributed by atoms with van der Waals surface area (Å²) < 4.78 is 26.0. The number of carbonyl (C=O) groups is 1. The zero-order valence-corrected chi connectivity index (χ0v) is 11.2. The second-order valence-electron chi connectivity index (χ2n) is 3.80. The maximum atomic E-state index is 11.9. The van der Waals surface area contributed by atoms with Crippen LogP contribution in [0.2, 0.25) is 0 Å². The Labute approximate surface area is 107 Å². The number of sulfonamides is 1. The van der Waals surface area contributed by atoms with Crippen LogP contribution in [0.25, 0.3) is 0 Å². The Morgan fingerprint density at radius 1 is 1.39 bits per heavy atom. The maximum absolute atomic E-state index is 11.9. The number of nitrogens with one attached hydrogen (secondary N) is 2. The van der Waals surface area contributed by atoms with Crippen molar-refractivity contribution >= 4 is 21.6 Å². The lowest BCUT2D eigenvalue weighted by Crippen LogP contribution is -2.36. The highest BCUT2D eigenvalue weighted by Gasteiger charge is 2.15. The molecule has 0 saturated heterocycles. The summed E-state index contributed by atoms with van der Waals surface area (Å²) in [5.74, 6) is -0.367. The molecule has 0 unspecified atom stereocenters. The first kappa shape index (κ1) is 14.5. The third kappa shape index (κ3) is 3.71. The lowest BCUT2D eigenvalue weighted by molar-refractivity contribution is -0.119. The smallest absolute Gasteiger partial charge is 0.241 e. The monoisotopic (exact) mass is 271 g/mol. The Bertz CT molecular complexity index is 540. The van der Waals surface area contributed by atoms with Gasteiger partial charge in [0.05, 0.1) is 11.4 Å². The van der Waals surface area contributed by atoms with Crippen LogP contribution in [0.15, 0.2) is 23.1 Å². The van der Waals surface area contributed by atoms with Gasteiger partial charge in [0.25, 0.3) is 0 Å². The van der Waals surface area contributed by atoms with E-state index in [0.717, 1.165) is 0 Å². The summed E-state index contributed by atoms with van der Waals surface area (Å²) in [7, 11) is -3.68. The minimum absolute atomic E-state index is 0.0958. The molecule has 6 nitrogen and oxygen atoms in total. The molecule has 18 heavy (non-hydrogen) atoms. The van der Waals surface area contributed by atoms with E-state index in [9.17, 15) is 13.2 Å². The van der Waals surface area contributed by atoms with Crippen molar-refractivity contribution in [3.8, 4) is 0 Å². The zero-order chi connectivity index (χ0) is 13.8. The molecule has 100 valence electrons. The number of benzene rings is 1. The summed E-state index contributed by atoms with van der Waals surface area (Å²) in [6.45, 7) is 3.66. The van der Waals surface area contributed by atoms with Gasteiger partial charge < -0.3 is 11.1 Å². The number of aryl methyl sites for hydroxylation is 1. The molecule has 0 aromatic heterocycles. The number of hydrogen-bond acceptors (Lipinski definition) is 4. The molecule has 0 aliphatic carbocycles. The lowest BCUT2D eigenvalue weighted by Gasteiger charge is -2.08. The van der Waals surface area contributed by atoms with Crippen LogP contribution >= 0.6 is 0 Å². The Morgan fingerprint density at radius 3 is 2.61 bits per heavy atom. The fourth-order valence-corrected chi connectivity index (χ4v) is 2.39. The number of nitrogen functional groups attached to an aromatic ring is 1. The normalized spacial score (nSPS) is 11.2. The summed E-state index contributed by atoms with van der Waals surface area (Å²) in [5.41, 5.74) is 6.82. The molecular weight excluding hydrogens is 254 g/mol. The van der Waals surface area contributed by atoms with Gasteiger partial charge in [-0.25, -0.2) is 13.1 Å². The third-order valence-corrected chi connectivity index (χ3v) is 3.75. The van der Waals surface area contributed by atoms with Crippen LogP contribution in [0.4, 0.5) is 5.69 Å². The van der Waals surface area contributed by atoms with Gasteiger partial charge in [0.2, 0.25) is 15.9 Å². The first-order valence-corrected chi connectivity index (χ1v) is 6.97. The molecule has 0 fully saturated rings. The second-order valence-corrected chi connectivity index (χ2v) is 5.56. The summed E-state index contributed by atoms with van der Waals surface area (Å²) in [6, 6.07) is 4.40. The van der Waals surface area contributed by atoms with Crippen LogP contribution in [0.1, 0.15) is 12.5 Å². The van der Waals surface area contributed by atoms with Crippen LogP contribution in [-0.2, 0) is 14.8 Å². The van der Waals surface area contributed by atoms with Gasteiger partial charge in [-0.2, -0.15) is 0 Å².